The Balaban J connectivity index is 1.55. The predicted octanol–water partition coefficient (Wildman–Crippen LogP) is 2.79. The molecule has 3 aromatic carbocycles. The van der Waals surface area contributed by atoms with Crippen LogP contribution in [0.25, 0.3) is 0 Å². The lowest BCUT2D eigenvalue weighted by Gasteiger charge is -2.15. The smallest absolute Gasteiger partial charge is 0.279 e. The van der Waals surface area contributed by atoms with Gasteiger partial charge >= 0.3 is 0 Å². The number of nitrogens with one attached hydrogen (secondary N) is 3. The Morgan fingerprint density at radius 1 is 0.750 bits per heavy atom. The van der Waals surface area contributed by atoms with Crippen molar-refractivity contribution in [2.45, 2.75) is 6.42 Å². The normalized spacial score (nSPS) is 11.6. The monoisotopic (exact) mass is 442 g/mol. The largest absolute Gasteiger partial charge is 0.322 e. The van der Waals surface area contributed by atoms with Crippen LogP contribution >= 0.6 is 0 Å². The van der Waals surface area contributed by atoms with Crippen LogP contribution in [-0.4, -0.2) is 32.0 Å². The molecule has 0 aliphatic rings. The summed E-state index contributed by atoms with van der Waals surface area (Å²) in [7, 11) is 1.62. The number of amides is 2. The molecule has 5 nitrogen and oxygen atoms in total. The molecule has 0 bridgehead atoms. The lowest BCUT2D eigenvalue weighted by atomic mass is 10.0. The summed E-state index contributed by atoms with van der Waals surface area (Å²) in [6.07, 6.45) is 0.655. The van der Waals surface area contributed by atoms with Crippen LogP contribution in [0, 0.1) is 17.5 Å². The summed E-state index contributed by atoms with van der Waals surface area (Å²) >= 11 is 0. The van der Waals surface area contributed by atoms with Gasteiger partial charge in [-0.3, -0.25) is 9.59 Å². The molecular weight excluding hydrogens is 419 g/mol. The van der Waals surface area contributed by atoms with Gasteiger partial charge in [0.05, 0.1) is 12.7 Å². The van der Waals surface area contributed by atoms with Crippen molar-refractivity contribution >= 4 is 23.2 Å². The number of carbonyl (C=O) groups is 2. The summed E-state index contributed by atoms with van der Waals surface area (Å²) < 4.78 is 40.0. The van der Waals surface area contributed by atoms with Crippen molar-refractivity contribution in [3.63, 3.8) is 0 Å². The highest BCUT2D eigenvalue weighted by atomic mass is 19.2. The van der Waals surface area contributed by atoms with Gasteiger partial charge in [0.15, 0.2) is 30.5 Å². The van der Waals surface area contributed by atoms with Gasteiger partial charge in [-0.05, 0) is 35.7 Å². The van der Waals surface area contributed by atoms with E-state index in [1.807, 2.05) is 54.6 Å². The average molecular weight is 442 g/mol. The van der Waals surface area contributed by atoms with E-state index in [9.17, 15) is 22.8 Å². The van der Waals surface area contributed by atoms with Crippen molar-refractivity contribution in [1.82, 2.24) is 0 Å². The van der Waals surface area contributed by atoms with Crippen molar-refractivity contribution in [2.75, 3.05) is 30.8 Å². The maximum atomic E-state index is 13.7. The number of para-hydroxylation sites is 1. The van der Waals surface area contributed by atoms with Crippen LogP contribution in [0.15, 0.2) is 66.7 Å². The third-order valence-electron chi connectivity index (χ3n) is 4.76. The molecule has 32 heavy (non-hydrogen) atoms. The standard InChI is InChI=1S/C24H22F3N3O2/c1-30(15-22(32)29-20-12-11-18(25)23(26)24(20)27)14-21(31)28-19-10-6-5-9-17(19)13-16-7-3-2-4-8-16/h2-12H,13-15H2,1H3,(H,28,31)(H,29,32)/p+1. The zero-order valence-corrected chi connectivity index (χ0v) is 17.4. The number of hydrogen-bond donors (Lipinski definition) is 3. The Morgan fingerprint density at radius 2 is 1.34 bits per heavy atom. The van der Waals surface area contributed by atoms with Gasteiger partial charge in [0.2, 0.25) is 0 Å². The lowest BCUT2D eigenvalue weighted by molar-refractivity contribution is -0.862. The Labute approximate surface area is 183 Å². The van der Waals surface area contributed by atoms with Crippen LogP contribution in [0.5, 0.6) is 0 Å². The fourth-order valence-corrected chi connectivity index (χ4v) is 3.23. The molecule has 1 unspecified atom stereocenters. The summed E-state index contributed by atoms with van der Waals surface area (Å²) in [5.41, 5.74) is 2.29. The number of halogens is 3. The summed E-state index contributed by atoms with van der Waals surface area (Å²) in [5.74, 6) is -5.40. The SMILES string of the molecule is C[NH+](CC(=O)Nc1ccccc1Cc1ccccc1)CC(=O)Nc1ccc(F)c(F)c1F. The summed E-state index contributed by atoms with van der Waals surface area (Å²) in [4.78, 5) is 25.1. The summed E-state index contributed by atoms with van der Waals surface area (Å²) in [6.45, 7) is -0.190. The number of benzene rings is 3. The molecule has 0 aliphatic heterocycles. The molecule has 3 N–H and O–H groups in total. The van der Waals surface area contributed by atoms with E-state index in [2.05, 4.69) is 10.6 Å². The highest BCUT2D eigenvalue weighted by molar-refractivity contribution is 5.93. The first kappa shape index (κ1) is 23.0. The van der Waals surface area contributed by atoms with E-state index in [0.29, 0.717) is 17.0 Å². The van der Waals surface area contributed by atoms with Gasteiger partial charge in [-0.15, -0.1) is 0 Å². The van der Waals surface area contributed by atoms with Gasteiger partial charge < -0.3 is 15.5 Å². The molecule has 3 aromatic rings. The number of carbonyl (C=O) groups excluding carboxylic acids is 2. The average Bonchev–Trinajstić information content (AvgIpc) is 2.76. The van der Waals surface area contributed by atoms with E-state index in [0.717, 1.165) is 23.3 Å². The van der Waals surface area contributed by atoms with Crippen LogP contribution in [0.2, 0.25) is 0 Å². The highest BCUT2D eigenvalue weighted by Crippen LogP contribution is 2.20. The third-order valence-corrected chi connectivity index (χ3v) is 4.76. The van der Waals surface area contributed by atoms with E-state index >= 15 is 0 Å². The summed E-state index contributed by atoms with van der Waals surface area (Å²) in [6, 6.07) is 19.0. The first-order valence-corrected chi connectivity index (χ1v) is 10.00. The predicted molar refractivity (Wildman–Crippen MR) is 116 cm³/mol. The van der Waals surface area contributed by atoms with Gasteiger partial charge in [-0.25, -0.2) is 13.2 Å². The van der Waals surface area contributed by atoms with Gasteiger partial charge in [0.25, 0.3) is 11.8 Å². The molecule has 0 spiro atoms. The zero-order valence-electron chi connectivity index (χ0n) is 17.4. The van der Waals surface area contributed by atoms with Gasteiger partial charge in [0.1, 0.15) is 0 Å². The first-order valence-electron chi connectivity index (χ1n) is 10.00. The van der Waals surface area contributed by atoms with Gasteiger partial charge in [-0.1, -0.05) is 48.5 Å². The minimum absolute atomic E-state index is 0.0205. The summed E-state index contributed by atoms with van der Waals surface area (Å²) in [5, 5.41) is 5.06. The van der Waals surface area contributed by atoms with E-state index < -0.39 is 29.0 Å². The number of anilines is 2. The highest BCUT2D eigenvalue weighted by Gasteiger charge is 2.19. The molecule has 8 heteroatoms. The van der Waals surface area contributed by atoms with Crippen molar-refractivity contribution in [2.24, 2.45) is 0 Å². The Morgan fingerprint density at radius 3 is 2.03 bits per heavy atom. The van der Waals surface area contributed by atoms with Crippen LogP contribution in [-0.2, 0) is 16.0 Å². The fraction of sp³-hybridized carbons (Fsp3) is 0.167. The molecule has 0 aliphatic carbocycles. The van der Waals surface area contributed by atoms with Crippen molar-refractivity contribution in [1.29, 1.82) is 0 Å². The first-order chi connectivity index (χ1) is 15.3. The number of hydrogen-bond acceptors (Lipinski definition) is 2. The zero-order chi connectivity index (χ0) is 23.1. The van der Waals surface area contributed by atoms with E-state index in [-0.39, 0.29) is 19.0 Å². The fourth-order valence-electron chi connectivity index (χ4n) is 3.23. The molecular formula is C24H23F3N3O2+. The van der Waals surface area contributed by atoms with Gasteiger partial charge in [-0.2, -0.15) is 0 Å². The second-order valence-corrected chi connectivity index (χ2v) is 7.45. The van der Waals surface area contributed by atoms with E-state index in [4.69, 9.17) is 0 Å². The molecule has 0 radical (unpaired) electrons. The van der Waals surface area contributed by atoms with Crippen molar-refractivity contribution in [3.05, 3.63) is 95.3 Å². The Hall–Kier alpha value is -3.65. The van der Waals surface area contributed by atoms with Crippen molar-refractivity contribution < 1.29 is 27.7 Å². The maximum absolute atomic E-state index is 13.7. The minimum Gasteiger partial charge on any atom is -0.322 e. The van der Waals surface area contributed by atoms with Crippen LogP contribution < -0.4 is 15.5 Å². The second kappa shape index (κ2) is 10.6. The molecule has 0 heterocycles. The van der Waals surface area contributed by atoms with E-state index in [1.165, 1.54) is 0 Å². The molecule has 0 fully saturated rings. The molecule has 1 atom stereocenters. The van der Waals surface area contributed by atoms with Crippen molar-refractivity contribution in [3.8, 4) is 0 Å². The van der Waals surface area contributed by atoms with Gasteiger partial charge in [0, 0.05) is 5.69 Å². The van der Waals surface area contributed by atoms with Crippen LogP contribution in [0.1, 0.15) is 11.1 Å². The quantitative estimate of drug-likeness (QED) is 0.470. The number of likely N-dealkylation sites (N-methyl/N-ethyl adjacent to an activating group) is 1. The molecule has 0 aromatic heterocycles. The molecule has 2 amide bonds. The number of rotatable bonds is 8. The molecule has 0 saturated heterocycles. The second-order valence-electron chi connectivity index (χ2n) is 7.45. The molecule has 166 valence electrons. The molecule has 3 rings (SSSR count). The Bertz CT molecular complexity index is 1110. The van der Waals surface area contributed by atoms with Crippen LogP contribution in [0.4, 0.5) is 24.5 Å². The maximum Gasteiger partial charge on any atom is 0.279 e. The topological polar surface area (TPSA) is 62.6 Å². The number of quaternary nitrogens is 1. The van der Waals surface area contributed by atoms with E-state index in [1.54, 1.807) is 7.05 Å². The van der Waals surface area contributed by atoms with Crippen LogP contribution in [0.3, 0.4) is 0 Å². The third kappa shape index (κ3) is 6.18. The molecule has 0 saturated carbocycles. The lowest BCUT2D eigenvalue weighted by Crippen LogP contribution is -3.11. The Kier molecular flexibility index (Phi) is 7.62. The minimum atomic E-state index is -1.66.